The van der Waals surface area contributed by atoms with Crippen LogP contribution in [0.5, 0.6) is 0 Å². The van der Waals surface area contributed by atoms with Crippen molar-refractivity contribution in [3.8, 4) is 0 Å². The average molecular weight is 387 g/mol. The van der Waals surface area contributed by atoms with Crippen molar-refractivity contribution < 1.29 is 0 Å². The molecule has 0 unspecified atom stereocenters. The molecule has 7 heteroatoms. The van der Waals surface area contributed by atoms with E-state index in [0.717, 1.165) is 48.4 Å². The monoisotopic (exact) mass is 387 g/mol. The number of nitrogens with one attached hydrogen (secondary N) is 3. The quantitative estimate of drug-likeness (QED) is 0.415. The van der Waals surface area contributed by atoms with Crippen molar-refractivity contribution in [2.45, 2.75) is 44.3 Å². The first-order chi connectivity index (χ1) is 14.2. The van der Waals surface area contributed by atoms with Crippen molar-refractivity contribution in [1.82, 2.24) is 19.9 Å². The van der Waals surface area contributed by atoms with Gasteiger partial charge in [0.1, 0.15) is 17.2 Å². The molecule has 1 saturated carbocycles. The zero-order valence-corrected chi connectivity index (χ0v) is 16.2. The minimum absolute atomic E-state index is 0.342. The van der Waals surface area contributed by atoms with Gasteiger partial charge in [-0.05, 0) is 60.9 Å². The Morgan fingerprint density at radius 2 is 1.86 bits per heavy atom. The van der Waals surface area contributed by atoms with Crippen molar-refractivity contribution in [2.24, 2.45) is 5.73 Å². The lowest BCUT2D eigenvalue weighted by atomic mass is 9.92. The molecule has 0 amide bonds. The lowest BCUT2D eigenvalue weighted by molar-refractivity contribution is 0.410. The van der Waals surface area contributed by atoms with Gasteiger partial charge in [0, 0.05) is 30.3 Å². The summed E-state index contributed by atoms with van der Waals surface area (Å²) in [5.74, 6) is 1.57. The Balaban J connectivity index is 1.29. The van der Waals surface area contributed by atoms with Crippen molar-refractivity contribution in [3.05, 3.63) is 54.4 Å². The van der Waals surface area contributed by atoms with Gasteiger partial charge in [0.15, 0.2) is 5.65 Å². The maximum absolute atomic E-state index is 6.00. The molecule has 0 saturated heterocycles. The van der Waals surface area contributed by atoms with E-state index in [4.69, 9.17) is 5.73 Å². The molecule has 4 aromatic rings. The summed E-state index contributed by atoms with van der Waals surface area (Å²) in [6.07, 6.45) is 8.00. The van der Waals surface area contributed by atoms with Crippen LogP contribution in [0, 0.1) is 0 Å². The lowest BCUT2D eigenvalue weighted by Gasteiger charge is -2.27. The minimum Gasteiger partial charge on any atom is -0.367 e. The molecule has 0 aliphatic heterocycles. The number of anilines is 2. The lowest BCUT2D eigenvalue weighted by Crippen LogP contribution is -2.33. The summed E-state index contributed by atoms with van der Waals surface area (Å²) < 4.78 is 0. The van der Waals surface area contributed by atoms with Crippen molar-refractivity contribution in [3.63, 3.8) is 0 Å². The molecule has 5 N–H and O–H groups in total. The second-order valence-electron chi connectivity index (χ2n) is 7.80. The Bertz CT molecular complexity index is 1130. The van der Waals surface area contributed by atoms with E-state index in [2.05, 4.69) is 54.8 Å². The highest BCUT2D eigenvalue weighted by Crippen LogP contribution is 2.22. The van der Waals surface area contributed by atoms with Gasteiger partial charge in [-0.25, -0.2) is 15.0 Å². The zero-order valence-electron chi connectivity index (χ0n) is 16.2. The van der Waals surface area contributed by atoms with Crippen molar-refractivity contribution in [2.75, 3.05) is 10.6 Å². The van der Waals surface area contributed by atoms with E-state index >= 15 is 0 Å². The molecule has 1 aliphatic rings. The number of hydrogen-bond donors (Lipinski definition) is 4. The van der Waals surface area contributed by atoms with Gasteiger partial charge < -0.3 is 21.4 Å². The minimum atomic E-state index is 0.342. The highest BCUT2D eigenvalue weighted by Gasteiger charge is 2.18. The van der Waals surface area contributed by atoms with Crippen LogP contribution in [0.4, 0.5) is 11.6 Å². The standard InChI is InChI=1S/C22H25N7/c23-16-3-5-17(6-4-16)27-20-8-7-18-22(28-20)29-21(13-25-18)26-12-14-1-2-15-9-10-24-19(15)11-14/h1-2,7-11,13,16-17,24H,3-6,12,23H2,(H2,26,27,28,29). The van der Waals surface area contributed by atoms with E-state index < -0.39 is 0 Å². The van der Waals surface area contributed by atoms with E-state index in [0.29, 0.717) is 24.3 Å². The summed E-state index contributed by atoms with van der Waals surface area (Å²) >= 11 is 0. The third kappa shape index (κ3) is 4.00. The van der Waals surface area contributed by atoms with Crippen molar-refractivity contribution >= 4 is 33.7 Å². The van der Waals surface area contributed by atoms with Crippen LogP contribution in [0.3, 0.4) is 0 Å². The Labute approximate surface area is 169 Å². The summed E-state index contributed by atoms with van der Waals surface area (Å²) in [7, 11) is 0. The third-order valence-corrected chi connectivity index (χ3v) is 5.62. The fourth-order valence-electron chi connectivity index (χ4n) is 3.93. The van der Waals surface area contributed by atoms with Gasteiger partial charge in [-0.3, -0.25) is 0 Å². The molecular weight excluding hydrogens is 362 g/mol. The van der Waals surface area contributed by atoms with Gasteiger partial charge in [-0.1, -0.05) is 12.1 Å². The number of fused-ring (bicyclic) bond motifs is 2. The van der Waals surface area contributed by atoms with Crippen LogP contribution >= 0.6 is 0 Å². The Morgan fingerprint density at radius 3 is 2.76 bits per heavy atom. The summed E-state index contributed by atoms with van der Waals surface area (Å²) in [5.41, 5.74) is 9.76. The van der Waals surface area contributed by atoms with Gasteiger partial charge in [0.25, 0.3) is 0 Å². The van der Waals surface area contributed by atoms with E-state index in [9.17, 15) is 0 Å². The van der Waals surface area contributed by atoms with Crippen LogP contribution in [0.1, 0.15) is 31.2 Å². The zero-order chi connectivity index (χ0) is 19.6. The predicted octanol–water partition coefficient (Wildman–Crippen LogP) is 3.80. The summed E-state index contributed by atoms with van der Waals surface area (Å²) in [4.78, 5) is 17.1. The predicted molar refractivity (Wildman–Crippen MR) is 117 cm³/mol. The molecular formula is C22H25N7. The van der Waals surface area contributed by atoms with E-state index in [1.807, 2.05) is 18.3 Å². The molecule has 3 heterocycles. The summed E-state index contributed by atoms with van der Waals surface area (Å²) in [6, 6.07) is 13.2. The average Bonchev–Trinajstić information content (AvgIpc) is 3.21. The second kappa shape index (κ2) is 7.67. The van der Waals surface area contributed by atoms with E-state index in [1.165, 1.54) is 10.9 Å². The van der Waals surface area contributed by atoms with Crippen LogP contribution in [0.15, 0.2) is 48.8 Å². The highest BCUT2D eigenvalue weighted by atomic mass is 15.1. The summed E-state index contributed by atoms with van der Waals surface area (Å²) in [5, 5.41) is 8.09. The van der Waals surface area contributed by atoms with Crippen LogP contribution in [0.25, 0.3) is 22.1 Å². The molecule has 1 aliphatic carbocycles. The van der Waals surface area contributed by atoms with Gasteiger partial charge in [-0.15, -0.1) is 0 Å². The number of benzene rings is 1. The van der Waals surface area contributed by atoms with Gasteiger partial charge in [-0.2, -0.15) is 0 Å². The summed E-state index contributed by atoms with van der Waals surface area (Å²) in [6.45, 7) is 0.676. The number of hydrogen-bond acceptors (Lipinski definition) is 6. The topological polar surface area (TPSA) is 105 Å². The molecule has 3 aromatic heterocycles. The fraction of sp³-hybridized carbons (Fsp3) is 0.318. The van der Waals surface area contributed by atoms with Crippen molar-refractivity contribution in [1.29, 1.82) is 0 Å². The highest BCUT2D eigenvalue weighted by molar-refractivity contribution is 5.80. The third-order valence-electron chi connectivity index (χ3n) is 5.62. The van der Waals surface area contributed by atoms with Crippen LogP contribution in [-0.2, 0) is 6.54 Å². The normalized spacial score (nSPS) is 19.5. The van der Waals surface area contributed by atoms with Crippen LogP contribution < -0.4 is 16.4 Å². The molecule has 5 rings (SSSR count). The molecule has 1 fully saturated rings. The maximum Gasteiger partial charge on any atom is 0.182 e. The van der Waals surface area contributed by atoms with Crippen LogP contribution in [-0.4, -0.2) is 32.0 Å². The van der Waals surface area contributed by atoms with E-state index in [-0.39, 0.29) is 0 Å². The number of aromatic amines is 1. The molecule has 0 atom stereocenters. The molecule has 29 heavy (non-hydrogen) atoms. The second-order valence-corrected chi connectivity index (χ2v) is 7.80. The molecule has 0 bridgehead atoms. The maximum atomic E-state index is 6.00. The number of nitrogens with two attached hydrogens (primary N) is 1. The van der Waals surface area contributed by atoms with Gasteiger partial charge >= 0.3 is 0 Å². The Morgan fingerprint density at radius 1 is 1.00 bits per heavy atom. The first-order valence-electron chi connectivity index (χ1n) is 10.2. The number of nitrogens with zero attached hydrogens (tertiary/aromatic N) is 3. The molecule has 0 radical (unpaired) electrons. The van der Waals surface area contributed by atoms with E-state index in [1.54, 1.807) is 6.20 Å². The first-order valence-corrected chi connectivity index (χ1v) is 10.2. The molecule has 0 spiro atoms. The van der Waals surface area contributed by atoms with Gasteiger partial charge in [0.05, 0.1) is 6.20 Å². The molecule has 148 valence electrons. The number of pyridine rings is 1. The van der Waals surface area contributed by atoms with Crippen LogP contribution in [0.2, 0.25) is 0 Å². The smallest absolute Gasteiger partial charge is 0.182 e. The first kappa shape index (κ1) is 17.9. The molecule has 7 nitrogen and oxygen atoms in total. The Hall–Kier alpha value is -3.19. The van der Waals surface area contributed by atoms with Gasteiger partial charge in [0.2, 0.25) is 0 Å². The SMILES string of the molecule is NC1CCC(Nc2ccc3ncc(NCc4ccc5cc[nH]c5c4)nc3n2)CC1. The fourth-order valence-corrected chi connectivity index (χ4v) is 3.93. The largest absolute Gasteiger partial charge is 0.367 e. The number of rotatable bonds is 5. The number of aromatic nitrogens is 4. The Kier molecular flexibility index (Phi) is 4.73. The molecule has 1 aromatic carbocycles. The number of H-pyrrole nitrogens is 1.